The molecule has 174 valence electrons. The Kier molecular flexibility index (Phi) is 4.92. The number of benzene rings is 1. The van der Waals surface area contributed by atoms with E-state index in [0.29, 0.717) is 16.7 Å². The normalized spacial score (nSPS) is 30.4. The predicted octanol–water partition coefficient (Wildman–Crippen LogP) is 0.437. The third-order valence-corrected chi connectivity index (χ3v) is 7.41. The number of carbonyl (C=O) groups excluding carboxylic acids is 5. The van der Waals surface area contributed by atoms with E-state index in [-0.39, 0.29) is 35.9 Å². The van der Waals surface area contributed by atoms with Gasteiger partial charge in [0.1, 0.15) is 5.75 Å². The van der Waals surface area contributed by atoms with Crippen molar-refractivity contribution in [2.24, 2.45) is 29.4 Å². The number of nitrogens with two attached hydrogens (primary N) is 1. The lowest BCUT2D eigenvalue weighted by Crippen LogP contribution is -2.68. The number of rotatable bonds is 2. The maximum atomic E-state index is 13.5. The fourth-order valence-corrected chi connectivity index (χ4v) is 5.79. The first-order valence-corrected chi connectivity index (χ1v) is 10.9. The van der Waals surface area contributed by atoms with E-state index in [1.807, 2.05) is 0 Å². The van der Waals surface area contributed by atoms with Gasteiger partial charge in [-0.2, -0.15) is 0 Å². The van der Waals surface area contributed by atoms with Gasteiger partial charge in [0.2, 0.25) is 11.2 Å². The van der Waals surface area contributed by atoms with E-state index < -0.39 is 58.3 Å². The van der Waals surface area contributed by atoms with Gasteiger partial charge in [0.25, 0.3) is 0 Å². The van der Waals surface area contributed by atoms with Gasteiger partial charge in [-0.15, -0.1) is 0 Å². The lowest BCUT2D eigenvalue weighted by Gasteiger charge is -2.48. The molecule has 11 heteroatoms. The van der Waals surface area contributed by atoms with Gasteiger partial charge in [-0.1, -0.05) is 6.07 Å². The minimum atomic E-state index is -2.67. The average Bonchev–Trinajstić information content (AvgIpc) is 2.77. The molecule has 1 amide bonds. The number of aliphatic hydroxyl groups is 1. The lowest BCUT2D eigenvalue weighted by atomic mass is 9.53. The van der Waals surface area contributed by atoms with Crippen LogP contribution in [0.3, 0.4) is 0 Å². The molecule has 3 aliphatic carbocycles. The van der Waals surface area contributed by atoms with Crippen molar-refractivity contribution < 1.29 is 34.2 Å². The number of carbonyl (C=O) groups is 5. The number of hydrogen-bond acceptors (Lipinski definition) is 9. The molecular weight excluding hydrogens is 466 g/mol. The number of amides is 1. The number of Topliss-reactive ketones (excluding diaryl/α,β-unsaturated/α-hetero) is 4. The zero-order chi connectivity index (χ0) is 24.5. The highest BCUT2D eigenvalue weighted by Gasteiger charge is 2.66. The van der Waals surface area contributed by atoms with Crippen molar-refractivity contribution in [3.05, 3.63) is 40.9 Å². The zero-order valence-corrected chi connectivity index (χ0v) is 18.3. The molecule has 1 aromatic carbocycles. The van der Waals surface area contributed by atoms with Crippen LogP contribution < -0.4 is 5.73 Å². The number of hydrogen-bond donors (Lipinski definition) is 3. The Morgan fingerprint density at radius 3 is 2.41 bits per heavy atom. The van der Waals surface area contributed by atoms with Gasteiger partial charge in [0.05, 0.1) is 11.5 Å². The van der Waals surface area contributed by atoms with Gasteiger partial charge in [-0.25, -0.2) is 9.97 Å². The second-order valence-electron chi connectivity index (χ2n) is 8.97. The SMILES string of the molecule is NC(=O)C1C(=O)C[C@@H]2C[C@@H]3Cc4c(-c5cnc(Cl)nc5)ccc(O)c4C(=O)C3C(=O)[C@]2(O)C1=O. The maximum Gasteiger partial charge on any atom is 0.235 e. The molecule has 1 aromatic heterocycles. The smallest absolute Gasteiger partial charge is 0.235 e. The highest BCUT2D eigenvalue weighted by Crippen LogP contribution is 2.51. The van der Waals surface area contributed by atoms with E-state index in [4.69, 9.17) is 17.3 Å². The van der Waals surface area contributed by atoms with Crippen molar-refractivity contribution in [3.8, 4) is 16.9 Å². The van der Waals surface area contributed by atoms with E-state index in [9.17, 15) is 34.2 Å². The summed E-state index contributed by atoms with van der Waals surface area (Å²) < 4.78 is 0. The van der Waals surface area contributed by atoms with Gasteiger partial charge >= 0.3 is 0 Å². The number of primary amides is 1. The number of phenolic OH excluding ortho intramolecular Hbond substituents is 1. The van der Waals surface area contributed by atoms with Crippen LogP contribution in [0.4, 0.5) is 0 Å². The van der Waals surface area contributed by atoms with Crippen molar-refractivity contribution in [1.29, 1.82) is 0 Å². The number of aromatic hydroxyl groups is 1. The highest BCUT2D eigenvalue weighted by molar-refractivity contribution is 6.31. The predicted molar refractivity (Wildman–Crippen MR) is 115 cm³/mol. The minimum Gasteiger partial charge on any atom is -0.507 e. The second kappa shape index (κ2) is 7.51. The quantitative estimate of drug-likeness (QED) is 0.403. The van der Waals surface area contributed by atoms with Crippen LogP contribution in [-0.4, -0.2) is 54.8 Å². The van der Waals surface area contributed by atoms with E-state index in [1.165, 1.54) is 18.5 Å². The van der Waals surface area contributed by atoms with Crippen LogP contribution in [0.2, 0.25) is 5.28 Å². The topological polar surface area (TPSA) is 178 Å². The Hall–Kier alpha value is -3.50. The summed E-state index contributed by atoms with van der Waals surface area (Å²) in [4.78, 5) is 71.9. The van der Waals surface area contributed by atoms with Crippen molar-refractivity contribution in [3.63, 3.8) is 0 Å². The van der Waals surface area contributed by atoms with Gasteiger partial charge in [-0.05, 0) is 47.6 Å². The van der Waals surface area contributed by atoms with Crippen LogP contribution in [0.15, 0.2) is 24.5 Å². The van der Waals surface area contributed by atoms with Crippen molar-refractivity contribution in [2.45, 2.75) is 24.9 Å². The first-order chi connectivity index (χ1) is 16.1. The average molecular weight is 484 g/mol. The van der Waals surface area contributed by atoms with Crippen molar-refractivity contribution >= 4 is 40.6 Å². The van der Waals surface area contributed by atoms with Crippen LogP contribution in [0.1, 0.15) is 28.8 Å². The largest absolute Gasteiger partial charge is 0.507 e. The molecule has 2 aromatic rings. The molecule has 0 radical (unpaired) electrons. The molecule has 4 N–H and O–H groups in total. The van der Waals surface area contributed by atoms with Gasteiger partial charge in [-0.3, -0.25) is 24.0 Å². The van der Waals surface area contributed by atoms with Crippen LogP contribution in [0, 0.1) is 23.7 Å². The number of nitrogens with zero attached hydrogens (tertiary/aromatic N) is 2. The third kappa shape index (κ3) is 2.95. The van der Waals surface area contributed by atoms with Crippen LogP contribution in [0.5, 0.6) is 5.75 Å². The molecule has 1 heterocycles. The Morgan fingerprint density at radius 2 is 1.76 bits per heavy atom. The highest BCUT2D eigenvalue weighted by atomic mass is 35.5. The summed E-state index contributed by atoms with van der Waals surface area (Å²) in [7, 11) is 0. The molecule has 5 atom stereocenters. The number of halogens is 1. The zero-order valence-electron chi connectivity index (χ0n) is 17.5. The third-order valence-electron chi connectivity index (χ3n) is 7.22. The molecule has 0 bridgehead atoms. The number of fused-ring (bicyclic) bond motifs is 3. The summed E-state index contributed by atoms with van der Waals surface area (Å²) in [6, 6.07) is 2.90. The van der Waals surface area contributed by atoms with E-state index >= 15 is 0 Å². The fraction of sp³-hybridized carbons (Fsp3) is 0.348. The monoisotopic (exact) mass is 483 g/mol. The van der Waals surface area contributed by atoms with E-state index in [0.717, 1.165) is 0 Å². The second-order valence-corrected chi connectivity index (χ2v) is 9.30. The van der Waals surface area contributed by atoms with E-state index in [2.05, 4.69) is 9.97 Å². The van der Waals surface area contributed by atoms with Crippen LogP contribution in [0.25, 0.3) is 11.1 Å². The molecular formula is C23H18ClN3O7. The summed E-state index contributed by atoms with van der Waals surface area (Å²) in [5.74, 6) is -10.5. The lowest BCUT2D eigenvalue weighted by molar-refractivity contribution is -0.175. The molecule has 0 aliphatic heterocycles. The summed E-state index contributed by atoms with van der Waals surface area (Å²) >= 11 is 5.77. The molecule has 5 rings (SSSR count). The van der Waals surface area contributed by atoms with E-state index in [1.54, 1.807) is 6.07 Å². The Morgan fingerprint density at radius 1 is 1.09 bits per heavy atom. The molecule has 2 saturated carbocycles. The Balaban J connectivity index is 1.61. The molecule has 3 aliphatic rings. The summed E-state index contributed by atoms with van der Waals surface area (Å²) in [6.45, 7) is 0. The standard InChI is InChI=1S/C23H18ClN3O7/c24-22-26-6-9(7-27-22)11-1-2-13(28)16-12(11)4-8-3-10-5-14(29)17(21(25)33)20(32)23(10,34)19(31)15(8)18(16)30/h1-2,6-8,10,15,17,28,34H,3-5H2,(H2,25,33)/t8-,10+,15?,17?,23+/m1/s1. The summed E-state index contributed by atoms with van der Waals surface area (Å²) in [5, 5.41) is 21.7. The Labute approximate surface area is 197 Å². The molecule has 34 heavy (non-hydrogen) atoms. The summed E-state index contributed by atoms with van der Waals surface area (Å²) in [6.07, 6.45) is 2.73. The number of aromatic nitrogens is 2. The van der Waals surface area contributed by atoms with Crippen LogP contribution >= 0.6 is 11.6 Å². The molecule has 0 spiro atoms. The summed E-state index contributed by atoms with van der Waals surface area (Å²) in [5.41, 5.74) is 4.00. The van der Waals surface area contributed by atoms with Crippen molar-refractivity contribution in [1.82, 2.24) is 9.97 Å². The molecule has 10 nitrogen and oxygen atoms in total. The molecule has 2 fully saturated rings. The number of phenols is 1. The number of ketones is 4. The first-order valence-electron chi connectivity index (χ1n) is 10.6. The van der Waals surface area contributed by atoms with Gasteiger partial charge in [0, 0.05) is 30.3 Å². The fourth-order valence-electron chi connectivity index (χ4n) is 5.69. The van der Waals surface area contributed by atoms with Gasteiger partial charge in [0.15, 0.2) is 34.7 Å². The molecule has 0 saturated heterocycles. The van der Waals surface area contributed by atoms with Gasteiger partial charge < -0.3 is 15.9 Å². The van der Waals surface area contributed by atoms with Crippen LogP contribution in [-0.2, 0) is 25.6 Å². The maximum absolute atomic E-state index is 13.5. The molecule has 2 unspecified atom stereocenters. The minimum absolute atomic E-state index is 0.0211. The first kappa shape index (κ1) is 22.3. The Bertz CT molecular complexity index is 1310. The van der Waals surface area contributed by atoms with Crippen molar-refractivity contribution in [2.75, 3.05) is 0 Å².